The van der Waals surface area contributed by atoms with E-state index in [0.717, 1.165) is 19.4 Å². The van der Waals surface area contributed by atoms with Crippen LogP contribution in [0.3, 0.4) is 0 Å². The van der Waals surface area contributed by atoms with E-state index in [1.165, 1.54) is 167 Å². The highest BCUT2D eigenvalue weighted by Crippen LogP contribution is 2.14. The summed E-state index contributed by atoms with van der Waals surface area (Å²) in [5.74, 6) is -0.172. The van der Waals surface area contributed by atoms with Gasteiger partial charge in [0.05, 0.1) is 6.61 Å². The number of hydrogen-bond acceptors (Lipinski definition) is 2. The van der Waals surface area contributed by atoms with Gasteiger partial charge in [0.1, 0.15) is 12.1 Å². The van der Waals surface area contributed by atoms with Crippen LogP contribution in [0.1, 0.15) is 204 Å². The number of aryl methyl sites for hydroxylation is 1. The normalized spacial score (nSPS) is 11.3. The van der Waals surface area contributed by atoms with Crippen molar-refractivity contribution in [2.75, 3.05) is 6.61 Å². The predicted molar refractivity (Wildman–Crippen MR) is 178 cm³/mol. The molecular formula is C38H70NO2+. The summed E-state index contributed by atoms with van der Waals surface area (Å²) in [7, 11) is 0. The Bertz CT molecular complexity index is 689. The summed E-state index contributed by atoms with van der Waals surface area (Å²) in [5, 5.41) is 0. The molecular weight excluding hydrogens is 502 g/mol. The average Bonchev–Trinajstić information content (AvgIpc) is 2.99. The molecule has 0 saturated heterocycles. The Hall–Kier alpha value is -1.38. The van der Waals surface area contributed by atoms with Crippen molar-refractivity contribution in [3.8, 4) is 0 Å². The SMILES string of the molecule is CCCCCCCCCCCCCCCCCC[n+]1cccc(C(=O)OCCCCCCCCCCCCCC)c1. The first-order valence-corrected chi connectivity index (χ1v) is 18.4. The number of nitrogens with zero attached hydrogens (tertiary/aromatic N) is 1. The number of unbranched alkanes of at least 4 members (excludes halogenated alkanes) is 26. The van der Waals surface area contributed by atoms with Crippen molar-refractivity contribution < 1.29 is 14.1 Å². The fourth-order valence-corrected chi connectivity index (χ4v) is 5.82. The fourth-order valence-electron chi connectivity index (χ4n) is 5.82. The summed E-state index contributed by atoms with van der Waals surface area (Å²) in [6, 6.07) is 3.86. The highest BCUT2D eigenvalue weighted by molar-refractivity contribution is 5.88. The van der Waals surface area contributed by atoms with E-state index in [1.54, 1.807) is 0 Å². The van der Waals surface area contributed by atoms with E-state index in [-0.39, 0.29) is 5.97 Å². The first-order valence-electron chi connectivity index (χ1n) is 18.4. The maximum atomic E-state index is 12.5. The van der Waals surface area contributed by atoms with Crippen LogP contribution in [-0.4, -0.2) is 12.6 Å². The molecule has 0 bridgehead atoms. The van der Waals surface area contributed by atoms with Crippen molar-refractivity contribution in [3.63, 3.8) is 0 Å². The van der Waals surface area contributed by atoms with Crippen molar-refractivity contribution in [1.29, 1.82) is 0 Å². The van der Waals surface area contributed by atoms with E-state index < -0.39 is 0 Å². The van der Waals surface area contributed by atoms with E-state index in [9.17, 15) is 4.79 Å². The zero-order valence-electron chi connectivity index (χ0n) is 27.8. The fraction of sp³-hybridized carbons (Fsp3) is 0.842. The molecule has 3 nitrogen and oxygen atoms in total. The number of aromatic nitrogens is 1. The summed E-state index contributed by atoms with van der Waals surface area (Å²) < 4.78 is 7.71. The molecule has 0 aliphatic carbocycles. The molecule has 1 aromatic rings. The summed E-state index contributed by atoms with van der Waals surface area (Å²) in [5.41, 5.74) is 0.683. The van der Waals surface area contributed by atoms with Gasteiger partial charge in [-0.25, -0.2) is 9.36 Å². The molecule has 0 unspecified atom stereocenters. The van der Waals surface area contributed by atoms with Crippen LogP contribution in [0.15, 0.2) is 24.5 Å². The Balaban J connectivity index is 1.93. The average molecular weight is 573 g/mol. The van der Waals surface area contributed by atoms with Crippen LogP contribution in [0.4, 0.5) is 0 Å². The van der Waals surface area contributed by atoms with Crippen LogP contribution in [0.25, 0.3) is 0 Å². The number of carbonyl (C=O) groups is 1. The number of hydrogen-bond donors (Lipinski definition) is 0. The number of ether oxygens (including phenoxy) is 1. The number of carbonyl (C=O) groups excluding carboxylic acids is 1. The molecule has 0 spiro atoms. The molecule has 0 saturated carbocycles. The van der Waals surface area contributed by atoms with Crippen LogP contribution in [-0.2, 0) is 11.3 Å². The smallest absolute Gasteiger partial charge is 0.344 e. The highest BCUT2D eigenvalue weighted by Gasteiger charge is 2.12. The van der Waals surface area contributed by atoms with Gasteiger partial charge in [-0.2, -0.15) is 0 Å². The van der Waals surface area contributed by atoms with Crippen molar-refractivity contribution >= 4 is 5.97 Å². The molecule has 3 heteroatoms. The van der Waals surface area contributed by atoms with Crippen molar-refractivity contribution in [2.45, 2.75) is 200 Å². The third-order valence-electron chi connectivity index (χ3n) is 8.59. The molecule has 0 amide bonds. The van der Waals surface area contributed by atoms with E-state index in [0.29, 0.717) is 12.2 Å². The minimum Gasteiger partial charge on any atom is -0.462 e. The third-order valence-corrected chi connectivity index (χ3v) is 8.59. The third kappa shape index (κ3) is 24.9. The Kier molecular flexibility index (Phi) is 27.6. The molecule has 238 valence electrons. The maximum Gasteiger partial charge on any atom is 0.344 e. The van der Waals surface area contributed by atoms with Crippen LogP contribution < -0.4 is 4.57 Å². The van der Waals surface area contributed by atoms with Crippen molar-refractivity contribution in [3.05, 3.63) is 30.1 Å². The second-order valence-electron chi connectivity index (χ2n) is 12.7. The zero-order chi connectivity index (χ0) is 29.5. The lowest BCUT2D eigenvalue weighted by atomic mass is 10.0. The molecule has 0 radical (unpaired) electrons. The van der Waals surface area contributed by atoms with Gasteiger partial charge in [-0.05, 0) is 18.9 Å². The van der Waals surface area contributed by atoms with Crippen LogP contribution in [0, 0.1) is 0 Å². The molecule has 0 aromatic carbocycles. The Labute approximate surface area is 256 Å². The highest BCUT2D eigenvalue weighted by atomic mass is 16.5. The summed E-state index contributed by atoms with van der Waals surface area (Å²) in [4.78, 5) is 12.5. The molecule has 1 heterocycles. The van der Waals surface area contributed by atoms with Gasteiger partial charge in [0.2, 0.25) is 0 Å². The van der Waals surface area contributed by atoms with E-state index in [1.807, 2.05) is 18.3 Å². The van der Waals surface area contributed by atoms with E-state index in [4.69, 9.17) is 4.74 Å². The second-order valence-corrected chi connectivity index (χ2v) is 12.7. The van der Waals surface area contributed by atoms with Crippen LogP contribution in [0.2, 0.25) is 0 Å². The van der Waals surface area contributed by atoms with Crippen LogP contribution >= 0.6 is 0 Å². The van der Waals surface area contributed by atoms with Crippen molar-refractivity contribution in [1.82, 2.24) is 0 Å². The largest absolute Gasteiger partial charge is 0.462 e. The molecule has 41 heavy (non-hydrogen) atoms. The Morgan fingerprint density at radius 3 is 1.32 bits per heavy atom. The van der Waals surface area contributed by atoms with Gasteiger partial charge < -0.3 is 4.74 Å². The lowest BCUT2D eigenvalue weighted by molar-refractivity contribution is -0.697. The van der Waals surface area contributed by atoms with Gasteiger partial charge in [-0.3, -0.25) is 0 Å². The first-order chi connectivity index (χ1) is 20.3. The van der Waals surface area contributed by atoms with Gasteiger partial charge in [0.15, 0.2) is 12.4 Å². The zero-order valence-corrected chi connectivity index (χ0v) is 27.8. The molecule has 0 N–H and O–H groups in total. The maximum absolute atomic E-state index is 12.5. The standard InChI is InChI=1S/C38H70NO2/c1-3-5-7-9-11-13-15-17-18-19-20-21-23-25-27-29-33-39-34-31-32-37(36-39)38(40)41-35-30-28-26-24-22-16-14-12-10-8-6-4-2/h31-32,34,36H,3-30,33,35H2,1-2H3/q+1. The van der Waals surface area contributed by atoms with Gasteiger partial charge in [-0.1, -0.05) is 174 Å². The van der Waals surface area contributed by atoms with Gasteiger partial charge in [0, 0.05) is 12.5 Å². The summed E-state index contributed by atoms with van der Waals surface area (Å²) in [6.45, 7) is 6.10. The summed E-state index contributed by atoms with van der Waals surface area (Å²) >= 11 is 0. The van der Waals surface area contributed by atoms with Gasteiger partial charge in [0.25, 0.3) is 0 Å². The number of esters is 1. The molecule has 1 aromatic heterocycles. The minimum absolute atomic E-state index is 0.172. The topological polar surface area (TPSA) is 30.2 Å². The lowest BCUT2D eigenvalue weighted by Crippen LogP contribution is -2.34. The number of rotatable bonds is 31. The lowest BCUT2D eigenvalue weighted by Gasteiger charge is -2.05. The molecule has 0 atom stereocenters. The van der Waals surface area contributed by atoms with E-state index in [2.05, 4.69) is 24.6 Å². The van der Waals surface area contributed by atoms with Gasteiger partial charge >= 0.3 is 5.97 Å². The van der Waals surface area contributed by atoms with E-state index >= 15 is 0 Å². The summed E-state index contributed by atoms with van der Waals surface area (Å²) in [6.07, 6.45) is 42.2. The molecule has 0 fully saturated rings. The molecule has 0 aliphatic rings. The number of pyridine rings is 1. The predicted octanol–water partition coefficient (Wildman–Crippen LogP) is 12.1. The Morgan fingerprint density at radius 1 is 0.537 bits per heavy atom. The minimum atomic E-state index is -0.172. The van der Waals surface area contributed by atoms with Crippen LogP contribution in [0.5, 0.6) is 0 Å². The second kappa shape index (κ2) is 30.1. The first kappa shape index (κ1) is 37.6. The van der Waals surface area contributed by atoms with Crippen molar-refractivity contribution in [2.24, 2.45) is 0 Å². The Morgan fingerprint density at radius 2 is 0.902 bits per heavy atom. The quantitative estimate of drug-likeness (QED) is 0.0503. The monoisotopic (exact) mass is 573 g/mol. The van der Waals surface area contributed by atoms with Gasteiger partial charge in [-0.15, -0.1) is 0 Å². The molecule has 1 rings (SSSR count). The molecule has 0 aliphatic heterocycles.